The fraction of sp³-hybridized carbons (Fsp3) is 0.875. The molecule has 1 aliphatic heterocycles. The van der Waals surface area contributed by atoms with Crippen LogP contribution in [0.1, 0.15) is 19.3 Å². The van der Waals surface area contributed by atoms with Gasteiger partial charge in [0.1, 0.15) is 0 Å². The Morgan fingerprint density at radius 1 is 1.58 bits per heavy atom. The molecule has 12 heavy (non-hydrogen) atoms. The van der Waals surface area contributed by atoms with Gasteiger partial charge in [0, 0.05) is 13.1 Å². The minimum absolute atomic E-state index is 0.138. The number of ether oxygens (including phenoxy) is 1. The van der Waals surface area contributed by atoms with Crippen molar-refractivity contribution < 1.29 is 14.6 Å². The molecule has 1 heterocycles. The van der Waals surface area contributed by atoms with Gasteiger partial charge in [-0.15, -0.1) is 0 Å². The first-order valence-corrected chi connectivity index (χ1v) is 4.33. The van der Waals surface area contributed by atoms with Crippen molar-refractivity contribution in [3.8, 4) is 0 Å². The van der Waals surface area contributed by atoms with Crippen LogP contribution in [0.25, 0.3) is 0 Å². The number of hydrogen-bond acceptors (Lipinski definition) is 3. The third kappa shape index (κ3) is 1.21. The molecule has 1 atom stereocenters. The Morgan fingerprint density at radius 3 is 2.83 bits per heavy atom. The van der Waals surface area contributed by atoms with Crippen molar-refractivity contribution in [3.63, 3.8) is 0 Å². The molecule has 0 aromatic carbocycles. The third-order valence-electron chi connectivity index (χ3n) is 2.71. The SMILES string of the molecule is O=C(O)C1CNCC2(CCC2)O1. The number of rotatable bonds is 1. The number of carboxylic acids is 1. The van der Waals surface area contributed by atoms with E-state index in [1.807, 2.05) is 0 Å². The van der Waals surface area contributed by atoms with E-state index in [2.05, 4.69) is 5.32 Å². The van der Waals surface area contributed by atoms with Crippen molar-refractivity contribution in [1.82, 2.24) is 5.32 Å². The summed E-state index contributed by atoms with van der Waals surface area (Å²) in [5, 5.41) is 11.8. The first-order chi connectivity index (χ1) is 5.72. The van der Waals surface area contributed by atoms with Crippen molar-refractivity contribution in [2.24, 2.45) is 0 Å². The van der Waals surface area contributed by atoms with Crippen LogP contribution in [0.5, 0.6) is 0 Å². The highest BCUT2D eigenvalue weighted by Crippen LogP contribution is 2.37. The molecular weight excluding hydrogens is 158 g/mol. The monoisotopic (exact) mass is 171 g/mol. The van der Waals surface area contributed by atoms with Crippen LogP contribution < -0.4 is 5.32 Å². The normalized spacial score (nSPS) is 32.8. The lowest BCUT2D eigenvalue weighted by Crippen LogP contribution is -2.59. The number of carbonyl (C=O) groups is 1. The molecule has 0 amide bonds. The standard InChI is InChI=1S/C8H13NO3/c10-7(11)6-4-9-5-8(12-6)2-1-3-8/h6,9H,1-5H2,(H,10,11). The zero-order valence-electron chi connectivity index (χ0n) is 6.88. The molecule has 1 unspecified atom stereocenters. The molecule has 1 aliphatic carbocycles. The van der Waals surface area contributed by atoms with Crippen molar-refractivity contribution in [2.75, 3.05) is 13.1 Å². The number of carboxylic acid groups (broad SMARTS) is 1. The van der Waals surface area contributed by atoms with Crippen molar-refractivity contribution in [3.05, 3.63) is 0 Å². The van der Waals surface area contributed by atoms with Gasteiger partial charge in [-0.1, -0.05) is 0 Å². The van der Waals surface area contributed by atoms with E-state index in [4.69, 9.17) is 9.84 Å². The van der Waals surface area contributed by atoms with Crippen LogP contribution in [-0.2, 0) is 9.53 Å². The Labute approximate surface area is 70.9 Å². The molecule has 0 bridgehead atoms. The van der Waals surface area contributed by atoms with E-state index in [1.54, 1.807) is 0 Å². The number of nitrogens with one attached hydrogen (secondary N) is 1. The smallest absolute Gasteiger partial charge is 0.334 e. The first kappa shape index (κ1) is 8.01. The lowest BCUT2D eigenvalue weighted by atomic mass is 9.79. The zero-order valence-corrected chi connectivity index (χ0v) is 6.88. The van der Waals surface area contributed by atoms with Gasteiger partial charge in [0.15, 0.2) is 6.10 Å². The van der Waals surface area contributed by atoms with Gasteiger partial charge in [0.25, 0.3) is 0 Å². The predicted octanol–water partition coefficient (Wildman–Crippen LogP) is -0.0179. The van der Waals surface area contributed by atoms with Crippen molar-refractivity contribution in [1.29, 1.82) is 0 Å². The summed E-state index contributed by atoms with van der Waals surface area (Å²) in [6, 6.07) is 0. The first-order valence-electron chi connectivity index (χ1n) is 4.33. The second-order valence-electron chi connectivity index (χ2n) is 3.61. The van der Waals surface area contributed by atoms with E-state index >= 15 is 0 Å². The quantitative estimate of drug-likeness (QED) is 0.582. The van der Waals surface area contributed by atoms with E-state index in [9.17, 15) is 4.79 Å². The Morgan fingerprint density at radius 2 is 2.33 bits per heavy atom. The molecule has 4 nitrogen and oxygen atoms in total. The summed E-state index contributed by atoms with van der Waals surface area (Å²) in [5.41, 5.74) is -0.138. The van der Waals surface area contributed by atoms with Gasteiger partial charge in [-0.25, -0.2) is 4.79 Å². The molecule has 1 saturated carbocycles. The fourth-order valence-corrected chi connectivity index (χ4v) is 1.82. The number of aliphatic carboxylic acids is 1. The maximum absolute atomic E-state index is 10.6. The van der Waals surface area contributed by atoms with Gasteiger partial charge in [-0.2, -0.15) is 0 Å². The van der Waals surface area contributed by atoms with Crippen LogP contribution in [0.2, 0.25) is 0 Å². The maximum Gasteiger partial charge on any atom is 0.334 e. The predicted molar refractivity (Wildman–Crippen MR) is 42.0 cm³/mol. The maximum atomic E-state index is 10.6. The van der Waals surface area contributed by atoms with E-state index in [1.165, 1.54) is 0 Å². The molecule has 0 radical (unpaired) electrons. The molecule has 1 spiro atoms. The van der Waals surface area contributed by atoms with Crippen molar-refractivity contribution >= 4 is 5.97 Å². The molecule has 4 heteroatoms. The second-order valence-corrected chi connectivity index (χ2v) is 3.61. The van der Waals surface area contributed by atoms with Crippen LogP contribution >= 0.6 is 0 Å². The highest BCUT2D eigenvalue weighted by atomic mass is 16.5. The van der Waals surface area contributed by atoms with Crippen LogP contribution in [0.15, 0.2) is 0 Å². The van der Waals surface area contributed by atoms with E-state index < -0.39 is 12.1 Å². The molecule has 0 aromatic heterocycles. The van der Waals surface area contributed by atoms with Gasteiger partial charge in [-0.05, 0) is 19.3 Å². The summed E-state index contributed by atoms with van der Waals surface area (Å²) in [4.78, 5) is 10.6. The topological polar surface area (TPSA) is 58.6 Å². The Hall–Kier alpha value is -0.610. The molecule has 2 N–H and O–H groups in total. The largest absolute Gasteiger partial charge is 0.479 e. The fourth-order valence-electron chi connectivity index (χ4n) is 1.82. The molecule has 68 valence electrons. The summed E-state index contributed by atoms with van der Waals surface area (Å²) in [6.07, 6.45) is 2.53. The number of hydrogen-bond donors (Lipinski definition) is 2. The lowest BCUT2D eigenvalue weighted by molar-refractivity contribution is -0.185. The minimum Gasteiger partial charge on any atom is -0.479 e. The summed E-state index contributed by atoms with van der Waals surface area (Å²) >= 11 is 0. The molecule has 1 saturated heterocycles. The van der Waals surface area contributed by atoms with Gasteiger partial charge < -0.3 is 15.2 Å². The van der Waals surface area contributed by atoms with Gasteiger partial charge in [-0.3, -0.25) is 0 Å². The Bertz CT molecular complexity index is 200. The van der Waals surface area contributed by atoms with Gasteiger partial charge >= 0.3 is 5.97 Å². The van der Waals surface area contributed by atoms with E-state index in [0.29, 0.717) is 6.54 Å². The second kappa shape index (κ2) is 2.71. The molecule has 2 aliphatic rings. The van der Waals surface area contributed by atoms with Crippen LogP contribution in [0, 0.1) is 0 Å². The van der Waals surface area contributed by atoms with E-state index in [-0.39, 0.29) is 5.60 Å². The van der Waals surface area contributed by atoms with Gasteiger partial charge in [0.05, 0.1) is 5.60 Å². The van der Waals surface area contributed by atoms with Gasteiger partial charge in [0.2, 0.25) is 0 Å². The molecule has 2 rings (SSSR count). The average Bonchev–Trinajstić information content (AvgIpc) is 2.02. The summed E-state index contributed by atoms with van der Waals surface area (Å²) in [5.74, 6) is -0.853. The lowest BCUT2D eigenvalue weighted by Gasteiger charge is -2.46. The molecule has 0 aromatic rings. The zero-order chi connectivity index (χ0) is 8.60. The molecular formula is C8H13NO3. The highest BCUT2D eigenvalue weighted by Gasteiger charge is 2.44. The summed E-state index contributed by atoms with van der Waals surface area (Å²) < 4.78 is 5.51. The third-order valence-corrected chi connectivity index (χ3v) is 2.71. The molecule has 2 fully saturated rings. The van der Waals surface area contributed by atoms with Crippen molar-refractivity contribution in [2.45, 2.75) is 31.0 Å². The highest BCUT2D eigenvalue weighted by molar-refractivity contribution is 5.72. The average molecular weight is 171 g/mol. The van der Waals surface area contributed by atoms with Crippen LogP contribution in [0.4, 0.5) is 0 Å². The van der Waals surface area contributed by atoms with Crippen LogP contribution in [0.3, 0.4) is 0 Å². The Balaban J connectivity index is 1.98. The minimum atomic E-state index is -0.853. The van der Waals surface area contributed by atoms with E-state index in [0.717, 1.165) is 25.8 Å². The van der Waals surface area contributed by atoms with Crippen LogP contribution in [-0.4, -0.2) is 35.9 Å². The number of morpholine rings is 1. The Kier molecular flexibility index (Phi) is 1.81. The summed E-state index contributed by atoms with van der Waals surface area (Å²) in [6.45, 7) is 1.26. The summed E-state index contributed by atoms with van der Waals surface area (Å²) in [7, 11) is 0.